The zero-order chi connectivity index (χ0) is 19.2. The summed E-state index contributed by atoms with van der Waals surface area (Å²) >= 11 is 0. The van der Waals surface area contributed by atoms with Crippen LogP contribution in [0.2, 0.25) is 0 Å². The summed E-state index contributed by atoms with van der Waals surface area (Å²) < 4.78 is 6.15. The first-order valence-corrected chi connectivity index (χ1v) is 10.0. The van der Waals surface area contributed by atoms with E-state index < -0.39 is 0 Å². The Bertz CT molecular complexity index is 1040. The van der Waals surface area contributed by atoms with Crippen LogP contribution in [0.5, 0.6) is 5.75 Å². The van der Waals surface area contributed by atoms with Gasteiger partial charge in [0.2, 0.25) is 0 Å². The summed E-state index contributed by atoms with van der Waals surface area (Å²) in [5.74, 6) is 0.943. The maximum atomic E-state index is 6.15. The lowest BCUT2D eigenvalue weighted by molar-refractivity contribution is 0.310. The molecule has 0 unspecified atom stereocenters. The number of hydrogen-bond acceptors (Lipinski definition) is 2. The SMILES string of the molecule is CCCCCOc1cc(-c2ccc(-c3ccccc3)cn2)cc2ccccc12. The van der Waals surface area contributed by atoms with E-state index in [1.54, 1.807) is 0 Å². The molecule has 4 aromatic rings. The van der Waals surface area contributed by atoms with Crippen LogP contribution in [0.4, 0.5) is 0 Å². The highest BCUT2D eigenvalue weighted by atomic mass is 16.5. The number of rotatable bonds is 7. The lowest BCUT2D eigenvalue weighted by atomic mass is 10.0. The van der Waals surface area contributed by atoms with Gasteiger partial charge in [-0.05, 0) is 35.6 Å². The molecule has 0 fully saturated rings. The normalized spacial score (nSPS) is 10.9. The average molecular weight is 367 g/mol. The molecule has 140 valence electrons. The van der Waals surface area contributed by atoms with Crippen LogP contribution >= 0.6 is 0 Å². The Morgan fingerprint density at radius 3 is 2.36 bits per heavy atom. The molecule has 1 aromatic heterocycles. The van der Waals surface area contributed by atoms with Crippen LogP contribution < -0.4 is 4.74 Å². The van der Waals surface area contributed by atoms with Crippen LogP contribution in [0.1, 0.15) is 26.2 Å². The van der Waals surface area contributed by atoms with Crippen molar-refractivity contribution in [1.29, 1.82) is 0 Å². The van der Waals surface area contributed by atoms with E-state index in [-0.39, 0.29) is 0 Å². The Morgan fingerprint density at radius 1 is 0.750 bits per heavy atom. The third-order valence-electron chi connectivity index (χ3n) is 5.00. The van der Waals surface area contributed by atoms with Crippen molar-refractivity contribution in [3.8, 4) is 28.1 Å². The van der Waals surface area contributed by atoms with Crippen LogP contribution in [-0.2, 0) is 0 Å². The predicted octanol–water partition coefficient (Wildman–Crippen LogP) is 7.14. The predicted molar refractivity (Wildman–Crippen MR) is 118 cm³/mol. The lowest BCUT2D eigenvalue weighted by Crippen LogP contribution is -1.98. The molecule has 4 rings (SSSR count). The van der Waals surface area contributed by atoms with Crippen molar-refractivity contribution in [1.82, 2.24) is 4.98 Å². The number of aromatic nitrogens is 1. The Hall–Kier alpha value is -3.13. The molecule has 0 radical (unpaired) electrons. The number of benzene rings is 3. The number of fused-ring (bicyclic) bond motifs is 1. The summed E-state index contributed by atoms with van der Waals surface area (Å²) in [7, 11) is 0. The second-order valence-corrected chi connectivity index (χ2v) is 7.05. The second-order valence-electron chi connectivity index (χ2n) is 7.05. The van der Waals surface area contributed by atoms with Gasteiger partial charge < -0.3 is 4.74 Å². The summed E-state index contributed by atoms with van der Waals surface area (Å²) in [5, 5.41) is 2.34. The van der Waals surface area contributed by atoms with Crippen LogP contribution in [0.15, 0.2) is 85.1 Å². The van der Waals surface area contributed by atoms with Crippen molar-refractivity contribution in [2.24, 2.45) is 0 Å². The first kappa shape index (κ1) is 18.2. The summed E-state index contributed by atoms with van der Waals surface area (Å²) in [4.78, 5) is 4.73. The minimum Gasteiger partial charge on any atom is -0.493 e. The molecular formula is C26H25NO. The molecule has 0 amide bonds. The van der Waals surface area contributed by atoms with Crippen molar-refractivity contribution in [2.45, 2.75) is 26.2 Å². The molecule has 2 nitrogen and oxygen atoms in total. The summed E-state index contributed by atoms with van der Waals surface area (Å²) in [6.45, 7) is 2.96. The molecule has 0 saturated carbocycles. The second kappa shape index (κ2) is 8.71. The van der Waals surface area contributed by atoms with Crippen molar-refractivity contribution in [2.75, 3.05) is 6.61 Å². The van der Waals surface area contributed by atoms with E-state index in [4.69, 9.17) is 9.72 Å². The first-order valence-electron chi connectivity index (χ1n) is 10.0. The van der Waals surface area contributed by atoms with Crippen molar-refractivity contribution in [3.05, 3.63) is 85.1 Å². The number of hydrogen-bond donors (Lipinski definition) is 0. The summed E-state index contributed by atoms with van der Waals surface area (Å²) in [5.41, 5.74) is 4.36. The highest BCUT2D eigenvalue weighted by Gasteiger charge is 2.08. The fraction of sp³-hybridized carbons (Fsp3) is 0.192. The van der Waals surface area contributed by atoms with Gasteiger partial charge in [-0.15, -0.1) is 0 Å². The molecule has 0 saturated heterocycles. The number of nitrogens with zero attached hydrogens (tertiary/aromatic N) is 1. The highest BCUT2D eigenvalue weighted by Crippen LogP contribution is 2.32. The van der Waals surface area contributed by atoms with Crippen molar-refractivity contribution in [3.63, 3.8) is 0 Å². The van der Waals surface area contributed by atoms with Gasteiger partial charge in [-0.2, -0.15) is 0 Å². The minimum absolute atomic E-state index is 0.752. The molecule has 1 heterocycles. The van der Waals surface area contributed by atoms with Gasteiger partial charge in [0, 0.05) is 22.7 Å². The van der Waals surface area contributed by atoms with E-state index in [0.717, 1.165) is 41.0 Å². The van der Waals surface area contributed by atoms with Crippen molar-refractivity contribution < 1.29 is 4.74 Å². The smallest absolute Gasteiger partial charge is 0.127 e. The Balaban J connectivity index is 1.66. The van der Waals surface area contributed by atoms with Gasteiger partial charge in [0.05, 0.1) is 12.3 Å². The van der Waals surface area contributed by atoms with E-state index in [2.05, 4.69) is 79.7 Å². The molecule has 0 aliphatic rings. The monoisotopic (exact) mass is 367 g/mol. The largest absolute Gasteiger partial charge is 0.493 e. The quantitative estimate of drug-likeness (QED) is 0.324. The zero-order valence-electron chi connectivity index (χ0n) is 16.3. The van der Waals surface area contributed by atoms with E-state index in [9.17, 15) is 0 Å². The molecule has 2 heteroatoms. The molecule has 0 spiro atoms. The Kier molecular flexibility index (Phi) is 5.67. The third-order valence-corrected chi connectivity index (χ3v) is 5.00. The summed E-state index contributed by atoms with van der Waals surface area (Å²) in [6.07, 6.45) is 5.42. The Morgan fingerprint density at radius 2 is 1.57 bits per heavy atom. The van der Waals surface area contributed by atoms with E-state index in [1.807, 2.05) is 12.3 Å². The number of pyridine rings is 1. The lowest BCUT2D eigenvalue weighted by Gasteiger charge is -2.12. The molecule has 0 aliphatic carbocycles. The zero-order valence-corrected chi connectivity index (χ0v) is 16.3. The average Bonchev–Trinajstić information content (AvgIpc) is 2.77. The van der Waals surface area contributed by atoms with Gasteiger partial charge in [-0.1, -0.05) is 80.4 Å². The molecular weight excluding hydrogens is 342 g/mol. The minimum atomic E-state index is 0.752. The van der Waals surface area contributed by atoms with Gasteiger partial charge in [-0.3, -0.25) is 4.98 Å². The Labute approximate surface area is 166 Å². The fourth-order valence-electron chi connectivity index (χ4n) is 3.44. The van der Waals surface area contributed by atoms with Gasteiger partial charge in [0.25, 0.3) is 0 Å². The van der Waals surface area contributed by atoms with Crippen LogP contribution in [0.25, 0.3) is 33.2 Å². The standard InChI is InChI=1S/C26H25NO/c1-2-3-9-16-28-26-18-23(17-21-12-7-8-13-24(21)26)25-15-14-22(19-27-25)20-10-5-4-6-11-20/h4-8,10-15,17-19H,2-3,9,16H2,1H3. The summed E-state index contributed by atoms with van der Waals surface area (Å²) in [6, 6.07) is 27.3. The topological polar surface area (TPSA) is 22.1 Å². The molecule has 0 atom stereocenters. The van der Waals surface area contributed by atoms with E-state index in [1.165, 1.54) is 23.8 Å². The molecule has 3 aromatic carbocycles. The maximum absolute atomic E-state index is 6.15. The first-order chi connectivity index (χ1) is 13.8. The van der Waals surface area contributed by atoms with Gasteiger partial charge >= 0.3 is 0 Å². The van der Waals surface area contributed by atoms with Crippen LogP contribution in [0.3, 0.4) is 0 Å². The number of ether oxygens (including phenoxy) is 1. The third kappa shape index (κ3) is 4.07. The molecule has 0 N–H and O–H groups in total. The number of unbranched alkanes of at least 4 members (excludes halogenated alkanes) is 2. The van der Waals surface area contributed by atoms with Crippen molar-refractivity contribution >= 4 is 10.8 Å². The molecule has 0 bridgehead atoms. The highest BCUT2D eigenvalue weighted by molar-refractivity contribution is 5.92. The van der Waals surface area contributed by atoms with Gasteiger partial charge in [0.1, 0.15) is 5.75 Å². The van der Waals surface area contributed by atoms with Crippen LogP contribution in [-0.4, -0.2) is 11.6 Å². The van der Waals surface area contributed by atoms with Gasteiger partial charge in [-0.25, -0.2) is 0 Å². The molecule has 0 aliphatic heterocycles. The van der Waals surface area contributed by atoms with Gasteiger partial charge in [0.15, 0.2) is 0 Å². The van der Waals surface area contributed by atoms with E-state index >= 15 is 0 Å². The van der Waals surface area contributed by atoms with Crippen LogP contribution in [0, 0.1) is 0 Å². The molecule has 28 heavy (non-hydrogen) atoms. The van der Waals surface area contributed by atoms with E-state index in [0.29, 0.717) is 0 Å². The fourth-order valence-corrected chi connectivity index (χ4v) is 3.44. The maximum Gasteiger partial charge on any atom is 0.127 e.